The average molecular weight is 243 g/mol. The standard InChI is InChI=1S/C13H13N3O2/c1-18-11-7-3-2-5-9(11)13(17)16-12-10(14)6-4-8-15-12/h2-8H,14H2,1H3,(H,15,16,17). The SMILES string of the molecule is COc1ccccc1C(=O)Nc1ncccc1N. The number of nitrogens with zero attached hydrogens (tertiary/aromatic N) is 1. The normalized spacial score (nSPS) is 9.83. The fraction of sp³-hybridized carbons (Fsp3) is 0.0769. The number of hydrogen-bond acceptors (Lipinski definition) is 4. The van der Waals surface area contributed by atoms with Crippen molar-refractivity contribution < 1.29 is 9.53 Å². The van der Waals surface area contributed by atoms with E-state index in [4.69, 9.17) is 10.5 Å². The van der Waals surface area contributed by atoms with Gasteiger partial charge >= 0.3 is 0 Å². The first-order chi connectivity index (χ1) is 8.72. The van der Waals surface area contributed by atoms with Crippen LogP contribution in [0.1, 0.15) is 10.4 Å². The molecule has 2 rings (SSSR count). The summed E-state index contributed by atoms with van der Waals surface area (Å²) in [5.74, 6) is 0.538. The number of anilines is 2. The highest BCUT2D eigenvalue weighted by atomic mass is 16.5. The lowest BCUT2D eigenvalue weighted by molar-refractivity contribution is 0.102. The minimum absolute atomic E-state index is 0.308. The van der Waals surface area contributed by atoms with Gasteiger partial charge in [0.15, 0.2) is 5.82 Å². The Morgan fingerprint density at radius 1 is 1.28 bits per heavy atom. The first-order valence-corrected chi connectivity index (χ1v) is 5.37. The Bertz CT molecular complexity index is 570. The Hall–Kier alpha value is -2.56. The van der Waals surface area contributed by atoms with E-state index in [0.717, 1.165) is 0 Å². The third-order valence-corrected chi connectivity index (χ3v) is 2.42. The molecule has 0 fully saturated rings. The van der Waals surface area contributed by atoms with Crippen molar-refractivity contribution >= 4 is 17.4 Å². The lowest BCUT2D eigenvalue weighted by atomic mass is 10.2. The van der Waals surface area contributed by atoms with Crippen LogP contribution >= 0.6 is 0 Å². The molecule has 0 spiro atoms. The van der Waals surface area contributed by atoms with Gasteiger partial charge in [-0.3, -0.25) is 4.79 Å². The maximum atomic E-state index is 12.1. The Kier molecular flexibility index (Phi) is 3.43. The van der Waals surface area contributed by atoms with Crippen LogP contribution in [-0.2, 0) is 0 Å². The summed E-state index contributed by atoms with van der Waals surface area (Å²) >= 11 is 0. The molecule has 1 heterocycles. The van der Waals surface area contributed by atoms with Gasteiger partial charge in [-0.25, -0.2) is 4.98 Å². The number of benzene rings is 1. The quantitative estimate of drug-likeness (QED) is 0.863. The molecule has 3 N–H and O–H groups in total. The van der Waals surface area contributed by atoms with Crippen molar-refractivity contribution in [2.75, 3.05) is 18.2 Å². The number of carbonyl (C=O) groups excluding carboxylic acids is 1. The van der Waals surface area contributed by atoms with E-state index in [1.54, 1.807) is 42.6 Å². The highest BCUT2D eigenvalue weighted by molar-refractivity contribution is 6.06. The van der Waals surface area contributed by atoms with E-state index in [1.165, 1.54) is 7.11 Å². The number of hydrogen-bond donors (Lipinski definition) is 2. The largest absolute Gasteiger partial charge is 0.496 e. The van der Waals surface area contributed by atoms with Crippen LogP contribution in [0, 0.1) is 0 Å². The first-order valence-electron chi connectivity index (χ1n) is 5.37. The molecule has 2 aromatic rings. The van der Waals surface area contributed by atoms with Crippen molar-refractivity contribution in [2.24, 2.45) is 0 Å². The van der Waals surface area contributed by atoms with Crippen molar-refractivity contribution in [3.63, 3.8) is 0 Å². The molecule has 1 amide bonds. The zero-order chi connectivity index (χ0) is 13.0. The molecule has 5 heteroatoms. The molecule has 0 aliphatic carbocycles. The summed E-state index contributed by atoms with van der Waals surface area (Å²) < 4.78 is 5.12. The molecule has 92 valence electrons. The predicted molar refractivity (Wildman–Crippen MR) is 69.6 cm³/mol. The number of pyridine rings is 1. The van der Waals surface area contributed by atoms with E-state index < -0.39 is 0 Å². The molecule has 1 aromatic carbocycles. The summed E-state index contributed by atoms with van der Waals surface area (Å²) in [5, 5.41) is 2.65. The first kappa shape index (κ1) is 11.9. The summed E-state index contributed by atoms with van der Waals surface area (Å²) in [6.45, 7) is 0. The molecule has 0 saturated carbocycles. The van der Waals surface area contributed by atoms with Gasteiger partial charge in [-0.1, -0.05) is 12.1 Å². The van der Waals surface area contributed by atoms with Crippen LogP contribution in [0.5, 0.6) is 5.75 Å². The fourth-order valence-electron chi connectivity index (χ4n) is 1.53. The number of nitrogen functional groups attached to an aromatic ring is 1. The topological polar surface area (TPSA) is 77.2 Å². The summed E-state index contributed by atoms with van der Waals surface area (Å²) in [7, 11) is 1.52. The van der Waals surface area contributed by atoms with Gasteiger partial charge in [0.05, 0.1) is 18.4 Å². The molecule has 1 aromatic heterocycles. The average Bonchev–Trinajstić information content (AvgIpc) is 2.41. The fourth-order valence-corrected chi connectivity index (χ4v) is 1.53. The van der Waals surface area contributed by atoms with E-state index in [2.05, 4.69) is 10.3 Å². The van der Waals surface area contributed by atoms with Crippen molar-refractivity contribution in [3.05, 3.63) is 48.2 Å². The molecule has 5 nitrogen and oxygen atoms in total. The van der Waals surface area contributed by atoms with Crippen molar-refractivity contribution in [2.45, 2.75) is 0 Å². The van der Waals surface area contributed by atoms with Gasteiger partial charge in [-0.05, 0) is 24.3 Å². The zero-order valence-corrected chi connectivity index (χ0v) is 9.88. The van der Waals surface area contributed by atoms with E-state index >= 15 is 0 Å². The van der Waals surface area contributed by atoms with Gasteiger partial charge in [-0.2, -0.15) is 0 Å². The number of methoxy groups -OCH3 is 1. The minimum atomic E-state index is -0.308. The second-order valence-corrected chi connectivity index (χ2v) is 3.60. The summed E-state index contributed by atoms with van der Waals surface area (Å²) in [6, 6.07) is 10.3. The number of nitrogens with two attached hydrogens (primary N) is 1. The van der Waals surface area contributed by atoms with Crippen LogP contribution in [0.3, 0.4) is 0 Å². The van der Waals surface area contributed by atoms with Crippen molar-refractivity contribution in [1.29, 1.82) is 0 Å². The number of para-hydroxylation sites is 1. The second kappa shape index (κ2) is 5.18. The molecular formula is C13H13N3O2. The smallest absolute Gasteiger partial charge is 0.260 e. The van der Waals surface area contributed by atoms with Gasteiger partial charge in [0.1, 0.15) is 5.75 Å². The number of amides is 1. The van der Waals surface area contributed by atoms with E-state index in [0.29, 0.717) is 22.8 Å². The van der Waals surface area contributed by atoms with E-state index in [-0.39, 0.29) is 5.91 Å². The predicted octanol–water partition coefficient (Wildman–Crippen LogP) is 1.92. The van der Waals surface area contributed by atoms with Crippen LogP contribution in [0.4, 0.5) is 11.5 Å². The van der Waals surface area contributed by atoms with Gasteiger partial charge in [-0.15, -0.1) is 0 Å². The Balaban J connectivity index is 2.25. The summed E-state index contributed by atoms with van der Waals surface area (Å²) in [5.41, 5.74) is 6.56. The molecule has 0 bridgehead atoms. The Labute approximate surface area is 105 Å². The zero-order valence-electron chi connectivity index (χ0n) is 9.88. The van der Waals surface area contributed by atoms with Gasteiger partial charge in [0.2, 0.25) is 0 Å². The van der Waals surface area contributed by atoms with Crippen LogP contribution in [-0.4, -0.2) is 18.0 Å². The highest BCUT2D eigenvalue weighted by Crippen LogP contribution is 2.20. The van der Waals surface area contributed by atoms with E-state index in [1.807, 2.05) is 0 Å². The number of ether oxygens (including phenoxy) is 1. The van der Waals surface area contributed by atoms with Crippen LogP contribution in [0.2, 0.25) is 0 Å². The lowest BCUT2D eigenvalue weighted by Gasteiger charge is -2.09. The van der Waals surface area contributed by atoms with Crippen molar-refractivity contribution in [3.8, 4) is 5.75 Å². The second-order valence-electron chi connectivity index (χ2n) is 3.60. The molecule has 0 atom stereocenters. The highest BCUT2D eigenvalue weighted by Gasteiger charge is 2.12. The van der Waals surface area contributed by atoms with Crippen LogP contribution < -0.4 is 15.8 Å². The monoisotopic (exact) mass is 243 g/mol. The molecular weight excluding hydrogens is 230 g/mol. The number of carbonyl (C=O) groups is 1. The minimum Gasteiger partial charge on any atom is -0.496 e. The molecule has 0 unspecified atom stereocenters. The third-order valence-electron chi connectivity index (χ3n) is 2.42. The van der Waals surface area contributed by atoms with E-state index in [9.17, 15) is 4.79 Å². The third kappa shape index (κ3) is 2.40. The molecule has 0 aliphatic heterocycles. The van der Waals surface area contributed by atoms with Gasteiger partial charge < -0.3 is 15.8 Å². The molecule has 18 heavy (non-hydrogen) atoms. The van der Waals surface area contributed by atoms with Crippen LogP contribution in [0.25, 0.3) is 0 Å². The number of rotatable bonds is 3. The van der Waals surface area contributed by atoms with Crippen LogP contribution in [0.15, 0.2) is 42.6 Å². The summed E-state index contributed by atoms with van der Waals surface area (Å²) in [6.07, 6.45) is 1.56. The van der Waals surface area contributed by atoms with Crippen molar-refractivity contribution in [1.82, 2.24) is 4.98 Å². The van der Waals surface area contributed by atoms with Gasteiger partial charge in [0, 0.05) is 6.20 Å². The lowest BCUT2D eigenvalue weighted by Crippen LogP contribution is -2.15. The van der Waals surface area contributed by atoms with Gasteiger partial charge in [0.25, 0.3) is 5.91 Å². The maximum absolute atomic E-state index is 12.1. The maximum Gasteiger partial charge on any atom is 0.260 e. The molecule has 0 saturated heterocycles. The number of aromatic nitrogens is 1. The Morgan fingerprint density at radius 2 is 2.06 bits per heavy atom. The number of nitrogens with one attached hydrogen (secondary N) is 1. The molecule has 0 radical (unpaired) electrons. The summed E-state index contributed by atoms with van der Waals surface area (Å²) in [4.78, 5) is 16.1. The molecule has 0 aliphatic rings. The Morgan fingerprint density at radius 3 is 2.78 bits per heavy atom.